The maximum atomic E-state index is 11.2. The first kappa shape index (κ1) is 8.96. The Morgan fingerprint density at radius 1 is 1.62 bits per heavy atom. The predicted octanol–water partition coefficient (Wildman–Crippen LogP) is 0.627. The van der Waals surface area contributed by atoms with Crippen LogP contribution in [0.4, 0.5) is 5.13 Å². The molecule has 1 fully saturated rings. The van der Waals surface area contributed by atoms with E-state index in [-0.39, 0.29) is 17.4 Å². The van der Waals surface area contributed by atoms with Crippen LogP contribution in [-0.4, -0.2) is 24.9 Å². The van der Waals surface area contributed by atoms with E-state index < -0.39 is 9.84 Å². The first-order chi connectivity index (χ1) is 6.07. The summed E-state index contributed by atoms with van der Waals surface area (Å²) in [6.45, 7) is 0. The van der Waals surface area contributed by atoms with E-state index >= 15 is 0 Å². The van der Waals surface area contributed by atoms with Gasteiger partial charge in [0.05, 0.1) is 17.2 Å². The highest BCUT2D eigenvalue weighted by Crippen LogP contribution is 2.29. The molecule has 1 aromatic heterocycles. The molecule has 1 unspecified atom stereocenters. The number of sulfone groups is 1. The van der Waals surface area contributed by atoms with E-state index in [9.17, 15) is 8.42 Å². The molecule has 2 heterocycles. The number of anilines is 1. The number of hydrogen-bond donors (Lipinski definition) is 1. The molecule has 13 heavy (non-hydrogen) atoms. The second-order valence-electron chi connectivity index (χ2n) is 3.21. The molecule has 0 bridgehead atoms. The number of hydrogen-bond acceptors (Lipinski definition) is 5. The summed E-state index contributed by atoms with van der Waals surface area (Å²) in [6, 6.07) is 0. The molecule has 72 valence electrons. The summed E-state index contributed by atoms with van der Waals surface area (Å²) in [5.41, 5.74) is 6.31. The fourth-order valence-electron chi connectivity index (χ4n) is 1.52. The molecule has 0 aliphatic carbocycles. The molecule has 4 nitrogen and oxygen atoms in total. The van der Waals surface area contributed by atoms with E-state index in [0.29, 0.717) is 11.6 Å². The molecule has 6 heteroatoms. The maximum absolute atomic E-state index is 11.2. The number of thiazole rings is 1. The molecule has 1 aliphatic rings. The first-order valence-corrected chi connectivity index (χ1v) is 6.68. The van der Waals surface area contributed by atoms with Crippen LogP contribution in [0, 0.1) is 0 Å². The fraction of sp³-hybridized carbons (Fsp3) is 0.571. The summed E-state index contributed by atoms with van der Waals surface area (Å²) in [6.07, 6.45) is 0.686. The highest BCUT2D eigenvalue weighted by molar-refractivity contribution is 7.91. The Balaban J connectivity index is 2.21. The van der Waals surface area contributed by atoms with Crippen molar-refractivity contribution in [2.24, 2.45) is 0 Å². The van der Waals surface area contributed by atoms with Crippen LogP contribution in [-0.2, 0) is 9.84 Å². The van der Waals surface area contributed by atoms with Crippen molar-refractivity contribution < 1.29 is 8.42 Å². The number of aromatic nitrogens is 1. The summed E-state index contributed by atoms with van der Waals surface area (Å²) >= 11 is 1.36. The lowest BCUT2D eigenvalue weighted by molar-refractivity contribution is 0.601. The molecule has 1 atom stereocenters. The van der Waals surface area contributed by atoms with Crippen molar-refractivity contribution in [3.63, 3.8) is 0 Å². The van der Waals surface area contributed by atoms with Gasteiger partial charge < -0.3 is 5.73 Å². The number of nitrogens with zero attached hydrogens (tertiary/aromatic N) is 1. The minimum absolute atomic E-state index is 0.0681. The van der Waals surface area contributed by atoms with Gasteiger partial charge in [-0.15, -0.1) is 11.3 Å². The average Bonchev–Trinajstić information content (AvgIpc) is 2.56. The SMILES string of the molecule is Nc1nc(C2CCS(=O)(=O)C2)cs1. The van der Waals surface area contributed by atoms with Crippen LogP contribution in [0.2, 0.25) is 0 Å². The molecule has 0 aromatic carbocycles. The van der Waals surface area contributed by atoms with Gasteiger partial charge in [0.1, 0.15) is 0 Å². The molecule has 0 amide bonds. The van der Waals surface area contributed by atoms with E-state index in [0.717, 1.165) is 5.69 Å². The van der Waals surface area contributed by atoms with Crippen molar-refractivity contribution in [2.45, 2.75) is 12.3 Å². The minimum atomic E-state index is -2.81. The van der Waals surface area contributed by atoms with Gasteiger partial charge in [0.2, 0.25) is 0 Å². The summed E-state index contributed by atoms with van der Waals surface area (Å²) in [4.78, 5) is 4.09. The number of nitrogen functional groups attached to an aromatic ring is 1. The molecule has 1 saturated heterocycles. The molecule has 2 N–H and O–H groups in total. The zero-order valence-corrected chi connectivity index (χ0v) is 8.57. The van der Waals surface area contributed by atoms with Crippen LogP contribution in [0.15, 0.2) is 5.38 Å². The van der Waals surface area contributed by atoms with Crippen LogP contribution in [0.25, 0.3) is 0 Å². The highest BCUT2D eigenvalue weighted by atomic mass is 32.2. The lowest BCUT2D eigenvalue weighted by Crippen LogP contribution is -2.04. The average molecular weight is 218 g/mol. The van der Waals surface area contributed by atoms with Crippen LogP contribution in [0.3, 0.4) is 0 Å². The van der Waals surface area contributed by atoms with E-state index in [4.69, 9.17) is 5.73 Å². The molecule has 0 saturated carbocycles. The van der Waals surface area contributed by atoms with E-state index in [1.165, 1.54) is 11.3 Å². The molecule has 0 spiro atoms. The van der Waals surface area contributed by atoms with Gasteiger partial charge in [0.15, 0.2) is 15.0 Å². The van der Waals surface area contributed by atoms with Gasteiger partial charge >= 0.3 is 0 Å². The van der Waals surface area contributed by atoms with Gasteiger partial charge in [-0.05, 0) is 6.42 Å². The second-order valence-corrected chi connectivity index (χ2v) is 6.33. The summed E-state index contributed by atoms with van der Waals surface area (Å²) in [5.74, 6) is 0.587. The number of rotatable bonds is 1. The standard InChI is InChI=1S/C7H10N2O2S2/c8-7-9-6(3-12-7)5-1-2-13(10,11)4-5/h3,5H,1-2,4H2,(H2,8,9). The minimum Gasteiger partial charge on any atom is -0.375 e. The summed E-state index contributed by atoms with van der Waals surface area (Å²) in [5, 5.41) is 2.36. The molecule has 1 aromatic rings. The Morgan fingerprint density at radius 3 is 2.85 bits per heavy atom. The van der Waals surface area contributed by atoms with E-state index in [2.05, 4.69) is 4.98 Å². The van der Waals surface area contributed by atoms with Gasteiger partial charge in [-0.3, -0.25) is 0 Å². The Bertz CT molecular complexity index is 410. The Morgan fingerprint density at radius 2 is 2.38 bits per heavy atom. The van der Waals surface area contributed by atoms with E-state index in [1.807, 2.05) is 5.38 Å². The van der Waals surface area contributed by atoms with Crippen molar-refractivity contribution in [1.29, 1.82) is 0 Å². The van der Waals surface area contributed by atoms with Crippen molar-refractivity contribution in [3.8, 4) is 0 Å². The van der Waals surface area contributed by atoms with Crippen molar-refractivity contribution in [3.05, 3.63) is 11.1 Å². The summed E-state index contributed by atoms with van der Waals surface area (Å²) < 4.78 is 22.3. The van der Waals surface area contributed by atoms with Gasteiger partial charge in [0, 0.05) is 11.3 Å². The monoisotopic (exact) mass is 218 g/mol. The zero-order chi connectivity index (χ0) is 9.47. The lowest BCUT2D eigenvalue weighted by Gasteiger charge is -2.00. The third-order valence-corrected chi connectivity index (χ3v) is 4.65. The predicted molar refractivity (Wildman–Crippen MR) is 52.5 cm³/mol. The molecule has 1 aliphatic heterocycles. The largest absolute Gasteiger partial charge is 0.375 e. The Kier molecular flexibility index (Phi) is 2.03. The van der Waals surface area contributed by atoms with Crippen molar-refractivity contribution in [1.82, 2.24) is 4.98 Å². The fourth-order valence-corrected chi connectivity index (χ4v) is 3.92. The van der Waals surface area contributed by atoms with Gasteiger partial charge in [-0.25, -0.2) is 13.4 Å². The Labute approximate surface area is 80.7 Å². The Hall–Kier alpha value is -0.620. The third kappa shape index (κ3) is 1.83. The van der Waals surface area contributed by atoms with Crippen molar-refractivity contribution in [2.75, 3.05) is 17.2 Å². The van der Waals surface area contributed by atoms with Crippen LogP contribution >= 0.6 is 11.3 Å². The second kappa shape index (κ2) is 2.95. The van der Waals surface area contributed by atoms with Gasteiger partial charge in [0.25, 0.3) is 0 Å². The molecule has 2 rings (SSSR count). The van der Waals surface area contributed by atoms with E-state index in [1.54, 1.807) is 0 Å². The molecular weight excluding hydrogens is 208 g/mol. The maximum Gasteiger partial charge on any atom is 0.180 e. The first-order valence-electron chi connectivity index (χ1n) is 3.98. The van der Waals surface area contributed by atoms with Gasteiger partial charge in [-0.1, -0.05) is 0 Å². The molecular formula is C7H10N2O2S2. The smallest absolute Gasteiger partial charge is 0.180 e. The number of nitrogens with two attached hydrogens (primary N) is 1. The van der Waals surface area contributed by atoms with Crippen LogP contribution in [0.5, 0.6) is 0 Å². The summed E-state index contributed by atoms with van der Waals surface area (Å²) in [7, 11) is -2.81. The van der Waals surface area contributed by atoms with Gasteiger partial charge in [-0.2, -0.15) is 0 Å². The van der Waals surface area contributed by atoms with Crippen LogP contribution in [0.1, 0.15) is 18.0 Å². The highest BCUT2D eigenvalue weighted by Gasteiger charge is 2.30. The quantitative estimate of drug-likeness (QED) is 0.750. The normalized spacial score (nSPS) is 26.3. The molecule has 0 radical (unpaired) electrons. The topological polar surface area (TPSA) is 73.0 Å². The lowest BCUT2D eigenvalue weighted by atomic mass is 10.1. The van der Waals surface area contributed by atoms with Crippen molar-refractivity contribution >= 4 is 26.3 Å². The van der Waals surface area contributed by atoms with Crippen LogP contribution < -0.4 is 5.73 Å². The zero-order valence-electron chi connectivity index (χ0n) is 6.93. The third-order valence-electron chi connectivity index (χ3n) is 2.19.